The molecule has 0 amide bonds. The van der Waals surface area contributed by atoms with Gasteiger partial charge in [0, 0.05) is 22.7 Å². The zero-order valence-electron chi connectivity index (χ0n) is 12.7. The van der Waals surface area contributed by atoms with Crippen LogP contribution in [0.15, 0.2) is 65.6 Å². The Balaban J connectivity index is 2.13. The monoisotopic (exact) mass is 440 g/mol. The van der Waals surface area contributed by atoms with Gasteiger partial charge in [-0.2, -0.15) is 0 Å². The van der Waals surface area contributed by atoms with E-state index in [1.54, 1.807) is 0 Å². The molecule has 0 radical (unpaired) electrons. The van der Waals surface area contributed by atoms with E-state index in [0.717, 1.165) is 11.1 Å². The van der Waals surface area contributed by atoms with Crippen LogP contribution in [0.1, 0.15) is 17.5 Å². The molecule has 0 spiro atoms. The molecule has 0 aliphatic carbocycles. The van der Waals surface area contributed by atoms with E-state index < -0.39 is 15.4 Å². The van der Waals surface area contributed by atoms with E-state index >= 15 is 0 Å². The van der Waals surface area contributed by atoms with E-state index in [-0.39, 0.29) is 0 Å². The number of hydrogen-bond acceptors (Lipinski definition) is 3. The highest BCUT2D eigenvalue weighted by Crippen LogP contribution is 2.48. The Bertz CT molecular complexity index is 829. The number of sulfone groups is 1. The lowest BCUT2D eigenvalue weighted by Crippen LogP contribution is -2.28. The Morgan fingerprint density at radius 1 is 1.04 bits per heavy atom. The molecule has 120 valence electrons. The third kappa shape index (κ3) is 3.17. The number of alkyl halides is 1. The molecule has 1 aliphatic rings. The van der Waals surface area contributed by atoms with Crippen LogP contribution in [0.3, 0.4) is 0 Å². The van der Waals surface area contributed by atoms with Crippen molar-refractivity contribution in [2.24, 2.45) is 0 Å². The molecule has 3 rings (SSSR count). The molecule has 3 nitrogen and oxygen atoms in total. The van der Waals surface area contributed by atoms with Crippen LogP contribution in [0.4, 0.5) is 0 Å². The van der Waals surface area contributed by atoms with Crippen molar-refractivity contribution in [2.75, 3.05) is 10.7 Å². The topological polar surface area (TPSA) is 43.4 Å². The summed E-state index contributed by atoms with van der Waals surface area (Å²) < 4.78 is 31.6. The maximum absolute atomic E-state index is 12.3. The summed E-state index contributed by atoms with van der Waals surface area (Å²) in [5.74, 6) is 0.480. The summed E-state index contributed by atoms with van der Waals surface area (Å²) in [7, 11) is -3.34. The minimum Gasteiger partial charge on any atom is -0.480 e. The zero-order chi connectivity index (χ0) is 16.5. The second-order valence-electron chi connectivity index (χ2n) is 5.66. The van der Waals surface area contributed by atoms with Gasteiger partial charge in [0.15, 0.2) is 9.84 Å². The molecule has 1 aliphatic heterocycles. The van der Waals surface area contributed by atoms with Crippen LogP contribution in [0, 0.1) is 0 Å². The van der Waals surface area contributed by atoms with Crippen molar-refractivity contribution in [2.45, 2.75) is 12.0 Å². The summed E-state index contributed by atoms with van der Waals surface area (Å²) in [5.41, 5.74) is 1.17. The molecule has 2 aromatic carbocycles. The minimum absolute atomic E-state index is 0.364. The van der Waals surface area contributed by atoms with Crippen LogP contribution in [-0.2, 0) is 20.2 Å². The van der Waals surface area contributed by atoms with Crippen molar-refractivity contribution in [1.29, 1.82) is 0 Å². The highest BCUT2D eigenvalue weighted by Gasteiger charge is 2.45. The summed E-state index contributed by atoms with van der Waals surface area (Å²) in [6.07, 6.45) is 1.62. The normalized spacial score (nSPS) is 21.3. The number of halogens is 1. The van der Waals surface area contributed by atoms with Crippen LogP contribution in [-0.4, -0.2) is 19.1 Å². The number of rotatable bonds is 4. The predicted molar refractivity (Wildman–Crippen MR) is 101 cm³/mol. The number of hydrogen-bond donors (Lipinski definition) is 0. The van der Waals surface area contributed by atoms with Crippen molar-refractivity contribution < 1.29 is 13.2 Å². The smallest absolute Gasteiger partial charge is 0.175 e. The van der Waals surface area contributed by atoms with Gasteiger partial charge in [-0.15, -0.1) is 0 Å². The SMILES string of the molecule is CS(=O)(=O)C1=C(c2ccccc2)OC(CI)(c2ccccc2)C1. The Kier molecular flexibility index (Phi) is 4.51. The fourth-order valence-electron chi connectivity index (χ4n) is 2.79. The molecule has 5 heteroatoms. The van der Waals surface area contributed by atoms with Crippen molar-refractivity contribution in [3.63, 3.8) is 0 Å². The van der Waals surface area contributed by atoms with Gasteiger partial charge in [0.25, 0.3) is 0 Å². The third-order valence-electron chi connectivity index (χ3n) is 4.00. The van der Waals surface area contributed by atoms with Gasteiger partial charge >= 0.3 is 0 Å². The number of benzene rings is 2. The van der Waals surface area contributed by atoms with Gasteiger partial charge in [0.1, 0.15) is 11.4 Å². The van der Waals surface area contributed by atoms with Crippen molar-refractivity contribution in [3.8, 4) is 0 Å². The largest absolute Gasteiger partial charge is 0.480 e. The molecule has 0 saturated carbocycles. The first-order valence-corrected chi connectivity index (χ1v) is 10.7. The van der Waals surface area contributed by atoms with Crippen molar-refractivity contribution >= 4 is 38.2 Å². The highest BCUT2D eigenvalue weighted by molar-refractivity contribution is 14.1. The molecule has 0 bridgehead atoms. The summed E-state index contributed by atoms with van der Waals surface area (Å²) in [6.45, 7) is 0. The van der Waals surface area contributed by atoms with E-state index in [1.807, 2.05) is 60.7 Å². The van der Waals surface area contributed by atoms with E-state index in [0.29, 0.717) is 21.5 Å². The van der Waals surface area contributed by atoms with Crippen LogP contribution >= 0.6 is 22.6 Å². The first-order chi connectivity index (χ1) is 11.0. The lowest BCUT2D eigenvalue weighted by molar-refractivity contribution is 0.0861. The van der Waals surface area contributed by atoms with E-state index in [1.165, 1.54) is 6.26 Å². The fourth-order valence-corrected chi connectivity index (χ4v) is 4.65. The molecule has 0 fully saturated rings. The maximum atomic E-state index is 12.3. The lowest BCUT2D eigenvalue weighted by atomic mass is 9.93. The van der Waals surface area contributed by atoms with Gasteiger partial charge in [-0.3, -0.25) is 0 Å². The van der Waals surface area contributed by atoms with Gasteiger partial charge in [-0.05, 0) is 5.56 Å². The Labute approximate surface area is 150 Å². The summed E-state index contributed by atoms with van der Waals surface area (Å²) in [4.78, 5) is 0.379. The molecule has 0 aromatic heterocycles. The molecule has 23 heavy (non-hydrogen) atoms. The summed E-state index contributed by atoms with van der Waals surface area (Å²) in [6, 6.07) is 19.3. The van der Waals surface area contributed by atoms with Crippen molar-refractivity contribution in [3.05, 3.63) is 76.7 Å². The number of ether oxygens (including phenoxy) is 1. The molecule has 1 heterocycles. The van der Waals surface area contributed by atoms with Gasteiger partial charge in [-0.25, -0.2) is 8.42 Å². The van der Waals surface area contributed by atoms with Gasteiger partial charge in [0.2, 0.25) is 0 Å². The second-order valence-corrected chi connectivity index (χ2v) is 8.46. The average molecular weight is 440 g/mol. The first kappa shape index (κ1) is 16.5. The Morgan fingerprint density at radius 2 is 1.61 bits per heavy atom. The second kappa shape index (κ2) is 6.28. The third-order valence-corrected chi connectivity index (χ3v) is 6.45. The summed E-state index contributed by atoms with van der Waals surface area (Å²) in [5, 5.41) is 0. The van der Waals surface area contributed by atoms with Crippen LogP contribution in [0.5, 0.6) is 0 Å². The van der Waals surface area contributed by atoms with E-state index in [2.05, 4.69) is 22.6 Å². The van der Waals surface area contributed by atoms with E-state index in [4.69, 9.17) is 4.74 Å². The standard InChI is InChI=1S/C18H17IO3S/c1-23(20,21)16-12-18(13-19,15-10-6-3-7-11-15)22-17(16)14-8-4-2-5-9-14/h2-11H,12-13H2,1H3. The van der Waals surface area contributed by atoms with Gasteiger partial charge in [-0.1, -0.05) is 83.3 Å². The fraction of sp³-hybridized carbons (Fsp3) is 0.222. The predicted octanol–water partition coefficient (Wildman–Crippen LogP) is 4.15. The van der Waals surface area contributed by atoms with Crippen LogP contribution in [0.2, 0.25) is 0 Å². The first-order valence-electron chi connectivity index (χ1n) is 7.25. The Hall–Kier alpha value is -1.34. The Morgan fingerprint density at radius 3 is 2.13 bits per heavy atom. The van der Waals surface area contributed by atoms with Gasteiger partial charge < -0.3 is 4.74 Å². The molecular formula is C18H17IO3S. The molecule has 2 aromatic rings. The quantitative estimate of drug-likeness (QED) is 0.530. The van der Waals surface area contributed by atoms with Crippen molar-refractivity contribution in [1.82, 2.24) is 0 Å². The molecule has 1 unspecified atom stereocenters. The molecule has 0 saturated heterocycles. The zero-order valence-corrected chi connectivity index (χ0v) is 15.7. The van der Waals surface area contributed by atoms with Crippen LogP contribution in [0.25, 0.3) is 5.76 Å². The van der Waals surface area contributed by atoms with E-state index in [9.17, 15) is 8.42 Å². The lowest BCUT2D eigenvalue weighted by Gasteiger charge is -2.28. The van der Waals surface area contributed by atoms with Crippen LogP contribution < -0.4 is 0 Å². The average Bonchev–Trinajstić information content (AvgIpc) is 2.98. The maximum Gasteiger partial charge on any atom is 0.175 e. The summed E-state index contributed by atoms with van der Waals surface area (Å²) >= 11 is 2.27. The molecule has 1 atom stereocenters. The molecular weight excluding hydrogens is 423 g/mol. The van der Waals surface area contributed by atoms with Gasteiger partial charge in [0.05, 0.1) is 4.91 Å². The minimum atomic E-state index is -3.34. The molecule has 0 N–H and O–H groups in total. The highest BCUT2D eigenvalue weighted by atomic mass is 127.